The summed E-state index contributed by atoms with van der Waals surface area (Å²) in [6.45, 7) is 5.61. The third-order valence-electron chi connectivity index (χ3n) is 6.29. The lowest BCUT2D eigenvalue weighted by molar-refractivity contribution is -0.00359. The molecule has 0 aromatic carbocycles. The molecule has 2 aliphatic rings. The van der Waals surface area contributed by atoms with Gasteiger partial charge in [0.1, 0.15) is 0 Å². The quantitative estimate of drug-likeness (QED) is 0.428. The Balaban J connectivity index is 1.65. The van der Waals surface area contributed by atoms with E-state index in [-0.39, 0.29) is 0 Å². The summed E-state index contributed by atoms with van der Waals surface area (Å²) in [5, 5.41) is 0. The van der Waals surface area contributed by atoms with Crippen LogP contribution in [0.5, 0.6) is 0 Å². The number of hydrogen-bond acceptors (Lipinski definition) is 1. The predicted molar refractivity (Wildman–Crippen MR) is 96.2 cm³/mol. The molecule has 0 amide bonds. The number of ether oxygens (including phenoxy) is 1. The second kappa shape index (κ2) is 10.7. The third-order valence-corrected chi connectivity index (χ3v) is 6.29. The van der Waals surface area contributed by atoms with Crippen molar-refractivity contribution in [3.05, 3.63) is 0 Å². The van der Waals surface area contributed by atoms with Crippen LogP contribution < -0.4 is 0 Å². The maximum absolute atomic E-state index is 6.18. The zero-order valence-corrected chi connectivity index (χ0v) is 15.3. The summed E-state index contributed by atoms with van der Waals surface area (Å²) in [5.74, 6) is 3.07. The molecule has 0 unspecified atom stereocenters. The molecular weight excluding hydrogens is 268 g/mol. The molecule has 0 saturated heterocycles. The minimum atomic E-state index is 0.591. The number of rotatable bonds is 9. The summed E-state index contributed by atoms with van der Waals surface area (Å²) in [5.41, 5.74) is 0. The van der Waals surface area contributed by atoms with E-state index in [1.54, 1.807) is 0 Å². The van der Waals surface area contributed by atoms with Crippen LogP contribution in [-0.2, 0) is 4.74 Å². The molecule has 0 N–H and O–H groups in total. The SMILES string of the molecule is CCCCCO[C@@H]1CCC[C@@H](C2CCC(CCCC)CC2)C1. The van der Waals surface area contributed by atoms with Crippen LogP contribution in [0.1, 0.15) is 104 Å². The smallest absolute Gasteiger partial charge is 0.0577 e. The Bertz CT molecular complexity index is 267. The molecule has 0 radical (unpaired) electrons. The average Bonchev–Trinajstić information content (AvgIpc) is 2.58. The van der Waals surface area contributed by atoms with Crippen LogP contribution in [-0.4, -0.2) is 12.7 Å². The second-order valence-electron chi connectivity index (χ2n) is 8.05. The van der Waals surface area contributed by atoms with Crippen LogP contribution in [0.2, 0.25) is 0 Å². The lowest BCUT2D eigenvalue weighted by atomic mass is 9.70. The van der Waals surface area contributed by atoms with Crippen molar-refractivity contribution in [1.29, 1.82) is 0 Å². The summed E-state index contributed by atoms with van der Waals surface area (Å²) < 4.78 is 6.18. The lowest BCUT2D eigenvalue weighted by Gasteiger charge is -2.38. The molecule has 0 heterocycles. The Morgan fingerprint density at radius 2 is 1.55 bits per heavy atom. The van der Waals surface area contributed by atoms with Crippen molar-refractivity contribution in [2.45, 2.75) is 110 Å². The Labute approximate surface area is 139 Å². The van der Waals surface area contributed by atoms with Gasteiger partial charge in [-0.05, 0) is 56.3 Å². The normalized spacial score (nSPS) is 33.0. The van der Waals surface area contributed by atoms with E-state index in [1.807, 2.05) is 0 Å². The van der Waals surface area contributed by atoms with Crippen LogP contribution >= 0.6 is 0 Å². The first-order valence-electron chi connectivity index (χ1n) is 10.4. The van der Waals surface area contributed by atoms with Crippen molar-refractivity contribution in [3.63, 3.8) is 0 Å². The Morgan fingerprint density at radius 1 is 0.773 bits per heavy atom. The van der Waals surface area contributed by atoms with E-state index in [0.717, 1.165) is 24.4 Å². The highest BCUT2D eigenvalue weighted by Gasteiger charge is 2.31. The molecule has 2 atom stereocenters. The average molecular weight is 309 g/mol. The van der Waals surface area contributed by atoms with Gasteiger partial charge in [0.05, 0.1) is 6.10 Å². The van der Waals surface area contributed by atoms with Gasteiger partial charge in [-0.25, -0.2) is 0 Å². The van der Waals surface area contributed by atoms with Crippen molar-refractivity contribution >= 4 is 0 Å². The van der Waals surface area contributed by atoms with Gasteiger partial charge in [0, 0.05) is 6.61 Å². The van der Waals surface area contributed by atoms with Crippen LogP contribution in [0.4, 0.5) is 0 Å². The first-order chi connectivity index (χ1) is 10.8. The highest BCUT2D eigenvalue weighted by molar-refractivity contribution is 4.83. The van der Waals surface area contributed by atoms with Crippen molar-refractivity contribution < 1.29 is 4.74 Å². The first-order valence-corrected chi connectivity index (χ1v) is 10.4. The van der Waals surface area contributed by atoms with Gasteiger partial charge in [0.2, 0.25) is 0 Å². The molecule has 0 aromatic heterocycles. The molecule has 2 saturated carbocycles. The lowest BCUT2D eigenvalue weighted by Crippen LogP contribution is -2.30. The zero-order chi connectivity index (χ0) is 15.6. The predicted octanol–water partition coefficient (Wildman–Crippen LogP) is 6.75. The van der Waals surface area contributed by atoms with E-state index in [2.05, 4.69) is 13.8 Å². The fraction of sp³-hybridized carbons (Fsp3) is 1.00. The second-order valence-corrected chi connectivity index (χ2v) is 8.05. The van der Waals surface area contributed by atoms with Gasteiger partial charge in [0.25, 0.3) is 0 Å². The van der Waals surface area contributed by atoms with Gasteiger partial charge in [-0.1, -0.05) is 65.2 Å². The molecule has 2 rings (SSSR count). The Morgan fingerprint density at radius 3 is 2.27 bits per heavy atom. The van der Waals surface area contributed by atoms with Gasteiger partial charge in [0.15, 0.2) is 0 Å². The Hall–Kier alpha value is -0.0400. The highest BCUT2D eigenvalue weighted by Crippen LogP contribution is 2.41. The van der Waals surface area contributed by atoms with Crippen molar-refractivity contribution in [1.82, 2.24) is 0 Å². The zero-order valence-electron chi connectivity index (χ0n) is 15.3. The van der Waals surface area contributed by atoms with E-state index in [9.17, 15) is 0 Å². The van der Waals surface area contributed by atoms with Gasteiger partial charge < -0.3 is 4.74 Å². The van der Waals surface area contributed by atoms with Crippen molar-refractivity contribution in [3.8, 4) is 0 Å². The molecule has 2 fully saturated rings. The molecule has 0 aromatic rings. The van der Waals surface area contributed by atoms with Gasteiger partial charge in [-0.15, -0.1) is 0 Å². The first kappa shape index (κ1) is 18.3. The van der Waals surface area contributed by atoms with E-state index < -0.39 is 0 Å². The van der Waals surface area contributed by atoms with Crippen LogP contribution in [0.15, 0.2) is 0 Å². The van der Waals surface area contributed by atoms with Crippen molar-refractivity contribution in [2.24, 2.45) is 17.8 Å². The minimum Gasteiger partial charge on any atom is -0.378 e. The monoisotopic (exact) mass is 308 g/mol. The Kier molecular flexibility index (Phi) is 8.89. The molecule has 130 valence electrons. The molecule has 2 aliphatic carbocycles. The maximum Gasteiger partial charge on any atom is 0.0577 e. The molecular formula is C21H40O. The summed E-state index contributed by atoms with van der Waals surface area (Å²) in [6, 6.07) is 0. The summed E-state index contributed by atoms with van der Waals surface area (Å²) in [4.78, 5) is 0. The molecule has 0 bridgehead atoms. The summed E-state index contributed by atoms with van der Waals surface area (Å²) >= 11 is 0. The fourth-order valence-electron chi connectivity index (χ4n) is 4.80. The van der Waals surface area contributed by atoms with E-state index in [1.165, 1.54) is 89.9 Å². The minimum absolute atomic E-state index is 0.591. The largest absolute Gasteiger partial charge is 0.378 e. The maximum atomic E-state index is 6.18. The van der Waals surface area contributed by atoms with E-state index in [4.69, 9.17) is 4.74 Å². The molecule has 1 heteroatoms. The highest BCUT2D eigenvalue weighted by atomic mass is 16.5. The van der Waals surface area contributed by atoms with Gasteiger partial charge >= 0.3 is 0 Å². The van der Waals surface area contributed by atoms with Crippen molar-refractivity contribution in [2.75, 3.05) is 6.61 Å². The van der Waals surface area contributed by atoms with Crippen LogP contribution in [0, 0.1) is 17.8 Å². The van der Waals surface area contributed by atoms with Crippen LogP contribution in [0.25, 0.3) is 0 Å². The standard InChI is InChI=1S/C21H40O/c1-3-5-7-16-22-21-11-8-10-20(17-21)19-14-12-18(13-15-19)9-6-4-2/h18-21H,3-17H2,1-2H3/t18?,19?,20-,21-/m1/s1. The van der Waals surface area contributed by atoms with E-state index >= 15 is 0 Å². The van der Waals surface area contributed by atoms with E-state index in [0.29, 0.717) is 6.10 Å². The molecule has 0 aliphatic heterocycles. The number of unbranched alkanes of at least 4 members (excludes halogenated alkanes) is 3. The third kappa shape index (κ3) is 6.22. The van der Waals surface area contributed by atoms with Gasteiger partial charge in [-0.3, -0.25) is 0 Å². The molecule has 22 heavy (non-hydrogen) atoms. The van der Waals surface area contributed by atoms with Crippen LogP contribution in [0.3, 0.4) is 0 Å². The number of hydrogen-bond donors (Lipinski definition) is 0. The molecule has 0 spiro atoms. The summed E-state index contributed by atoms with van der Waals surface area (Å²) in [6.07, 6.45) is 20.5. The summed E-state index contributed by atoms with van der Waals surface area (Å²) in [7, 11) is 0. The molecule has 1 nitrogen and oxygen atoms in total. The topological polar surface area (TPSA) is 9.23 Å². The van der Waals surface area contributed by atoms with Gasteiger partial charge in [-0.2, -0.15) is 0 Å². The fourth-order valence-corrected chi connectivity index (χ4v) is 4.80.